The van der Waals surface area contributed by atoms with Crippen LogP contribution in [0.1, 0.15) is 11.1 Å². The summed E-state index contributed by atoms with van der Waals surface area (Å²) in [7, 11) is 1.70. The van der Waals surface area contributed by atoms with E-state index in [-0.39, 0.29) is 17.2 Å². The number of amides is 1. The third-order valence-corrected chi connectivity index (χ3v) is 5.72. The van der Waals surface area contributed by atoms with Crippen molar-refractivity contribution in [3.05, 3.63) is 63.9 Å². The van der Waals surface area contributed by atoms with Gasteiger partial charge in [0.15, 0.2) is 5.16 Å². The van der Waals surface area contributed by atoms with Gasteiger partial charge in [0.25, 0.3) is 5.56 Å². The first-order chi connectivity index (χ1) is 12.5. The van der Waals surface area contributed by atoms with Crippen LogP contribution in [0.15, 0.2) is 52.4 Å². The Hall–Kier alpha value is -2.60. The molecule has 0 radical (unpaired) electrons. The van der Waals surface area contributed by atoms with Crippen molar-refractivity contribution in [2.75, 3.05) is 17.2 Å². The van der Waals surface area contributed by atoms with Gasteiger partial charge in [0, 0.05) is 19.3 Å². The van der Waals surface area contributed by atoms with E-state index in [1.54, 1.807) is 7.05 Å². The maximum absolute atomic E-state index is 12.7. The monoisotopic (exact) mass is 365 g/mol. The average molecular weight is 365 g/mol. The van der Waals surface area contributed by atoms with Gasteiger partial charge in [0.05, 0.1) is 16.7 Å². The van der Waals surface area contributed by atoms with Crippen molar-refractivity contribution in [3.63, 3.8) is 0 Å². The lowest BCUT2D eigenvalue weighted by atomic mass is 10.2. The fourth-order valence-corrected chi connectivity index (χ4v) is 4.14. The van der Waals surface area contributed by atoms with Gasteiger partial charge in [-0.15, -0.1) is 0 Å². The number of rotatable bonds is 3. The largest absolute Gasteiger partial charge is 0.311 e. The SMILES string of the molecule is Cc1ccc2nc(SCC(=O)N3CCc4ccccc43)n(C)c(=O)c2c1. The second kappa shape index (κ2) is 6.61. The predicted octanol–water partition coefficient (Wildman–Crippen LogP) is 2.92. The standard InChI is InChI=1S/C20H19N3O2S/c1-13-7-8-16-15(11-13)19(25)22(2)20(21-16)26-12-18(24)23-10-9-14-5-3-4-6-17(14)23/h3-8,11H,9-10,12H2,1-2H3. The van der Waals surface area contributed by atoms with Crippen LogP contribution >= 0.6 is 11.8 Å². The van der Waals surface area contributed by atoms with E-state index in [2.05, 4.69) is 11.1 Å². The third-order valence-electron chi connectivity index (χ3n) is 4.70. The van der Waals surface area contributed by atoms with Gasteiger partial charge in [-0.1, -0.05) is 41.6 Å². The fourth-order valence-electron chi connectivity index (χ4n) is 3.29. The molecule has 5 nitrogen and oxygen atoms in total. The van der Waals surface area contributed by atoms with E-state index in [0.29, 0.717) is 22.6 Å². The normalized spacial score (nSPS) is 13.2. The summed E-state index contributed by atoms with van der Waals surface area (Å²) in [5, 5.41) is 1.17. The molecule has 0 unspecified atom stereocenters. The first-order valence-electron chi connectivity index (χ1n) is 8.53. The summed E-state index contributed by atoms with van der Waals surface area (Å²) in [5.41, 5.74) is 3.81. The van der Waals surface area contributed by atoms with E-state index >= 15 is 0 Å². The molecule has 2 aromatic carbocycles. The van der Waals surface area contributed by atoms with E-state index in [0.717, 1.165) is 17.7 Å². The quantitative estimate of drug-likeness (QED) is 0.529. The van der Waals surface area contributed by atoms with Crippen LogP contribution in [0.2, 0.25) is 0 Å². The second-order valence-electron chi connectivity index (χ2n) is 6.49. The lowest BCUT2D eigenvalue weighted by Crippen LogP contribution is -2.31. The highest BCUT2D eigenvalue weighted by Crippen LogP contribution is 2.28. The summed E-state index contributed by atoms with van der Waals surface area (Å²) < 4.78 is 1.53. The van der Waals surface area contributed by atoms with E-state index < -0.39 is 0 Å². The average Bonchev–Trinajstić information content (AvgIpc) is 3.08. The van der Waals surface area contributed by atoms with Crippen molar-refractivity contribution in [2.45, 2.75) is 18.5 Å². The Kier molecular flexibility index (Phi) is 4.28. The highest BCUT2D eigenvalue weighted by Gasteiger charge is 2.24. The molecule has 0 fully saturated rings. The van der Waals surface area contributed by atoms with Gasteiger partial charge >= 0.3 is 0 Å². The molecule has 0 saturated heterocycles. The van der Waals surface area contributed by atoms with Crippen LogP contribution in [0.4, 0.5) is 5.69 Å². The van der Waals surface area contributed by atoms with Crippen LogP contribution in [0.25, 0.3) is 10.9 Å². The Balaban J connectivity index is 1.57. The number of carbonyl (C=O) groups excluding carboxylic acids is 1. The van der Waals surface area contributed by atoms with Crippen LogP contribution in [0, 0.1) is 6.92 Å². The van der Waals surface area contributed by atoms with Gasteiger partial charge in [0.2, 0.25) is 5.91 Å². The lowest BCUT2D eigenvalue weighted by molar-refractivity contribution is -0.116. The molecule has 0 saturated carbocycles. The summed E-state index contributed by atoms with van der Waals surface area (Å²) in [4.78, 5) is 31.7. The first-order valence-corrected chi connectivity index (χ1v) is 9.51. The van der Waals surface area contributed by atoms with Crippen molar-refractivity contribution in [3.8, 4) is 0 Å². The predicted molar refractivity (Wildman–Crippen MR) is 105 cm³/mol. The second-order valence-corrected chi connectivity index (χ2v) is 7.43. The van der Waals surface area contributed by atoms with Gasteiger partial charge in [-0.25, -0.2) is 4.98 Å². The lowest BCUT2D eigenvalue weighted by Gasteiger charge is -2.17. The van der Waals surface area contributed by atoms with Crippen LogP contribution < -0.4 is 10.5 Å². The van der Waals surface area contributed by atoms with Crippen molar-refractivity contribution < 1.29 is 4.79 Å². The van der Waals surface area contributed by atoms with Crippen molar-refractivity contribution in [1.82, 2.24) is 9.55 Å². The number of para-hydroxylation sites is 1. The maximum Gasteiger partial charge on any atom is 0.261 e. The minimum Gasteiger partial charge on any atom is -0.311 e. The highest BCUT2D eigenvalue weighted by molar-refractivity contribution is 7.99. The number of nitrogens with zero attached hydrogens (tertiary/aromatic N) is 3. The maximum atomic E-state index is 12.7. The number of thioether (sulfide) groups is 1. The smallest absolute Gasteiger partial charge is 0.261 e. The summed E-state index contributed by atoms with van der Waals surface area (Å²) in [6.07, 6.45) is 0.888. The Bertz CT molecular complexity index is 1070. The van der Waals surface area contributed by atoms with Gasteiger partial charge in [0.1, 0.15) is 0 Å². The molecule has 0 aliphatic carbocycles. The van der Waals surface area contributed by atoms with Gasteiger partial charge < -0.3 is 4.90 Å². The molecule has 2 heterocycles. The summed E-state index contributed by atoms with van der Waals surface area (Å²) in [5.74, 6) is 0.296. The van der Waals surface area contributed by atoms with Crippen LogP contribution in [0.3, 0.4) is 0 Å². The van der Waals surface area contributed by atoms with E-state index in [9.17, 15) is 9.59 Å². The first kappa shape index (κ1) is 16.8. The zero-order valence-electron chi connectivity index (χ0n) is 14.7. The number of carbonyl (C=O) groups is 1. The fraction of sp³-hybridized carbons (Fsp3) is 0.250. The molecule has 4 rings (SSSR count). The molecule has 0 spiro atoms. The van der Waals surface area contributed by atoms with Gasteiger partial charge in [-0.05, 0) is 37.1 Å². The number of fused-ring (bicyclic) bond motifs is 2. The Labute approximate surface area is 155 Å². The minimum absolute atomic E-state index is 0.0400. The molecular weight excluding hydrogens is 346 g/mol. The molecular formula is C20H19N3O2S. The zero-order valence-corrected chi connectivity index (χ0v) is 15.5. The number of hydrogen-bond donors (Lipinski definition) is 0. The van der Waals surface area contributed by atoms with Crippen LogP contribution in [0.5, 0.6) is 0 Å². The van der Waals surface area contributed by atoms with E-state index in [1.807, 2.05) is 48.2 Å². The molecule has 1 aliphatic heterocycles. The summed E-state index contributed by atoms with van der Waals surface area (Å²) in [6, 6.07) is 13.6. The minimum atomic E-state index is -0.0832. The molecule has 1 amide bonds. The van der Waals surface area contributed by atoms with Crippen molar-refractivity contribution >= 4 is 34.3 Å². The number of benzene rings is 2. The molecule has 26 heavy (non-hydrogen) atoms. The van der Waals surface area contributed by atoms with Crippen LogP contribution in [-0.2, 0) is 18.3 Å². The van der Waals surface area contributed by atoms with Gasteiger partial charge in [-0.2, -0.15) is 0 Å². The number of hydrogen-bond acceptors (Lipinski definition) is 4. The molecule has 3 aromatic rings. The van der Waals surface area contributed by atoms with Crippen LogP contribution in [-0.4, -0.2) is 27.8 Å². The van der Waals surface area contributed by atoms with Gasteiger partial charge in [-0.3, -0.25) is 14.2 Å². The third kappa shape index (κ3) is 2.90. The Morgan fingerprint density at radius 1 is 1.23 bits per heavy atom. The molecule has 0 atom stereocenters. The topological polar surface area (TPSA) is 55.2 Å². The van der Waals surface area contributed by atoms with Crippen molar-refractivity contribution in [1.29, 1.82) is 0 Å². The van der Waals surface area contributed by atoms with Crippen molar-refractivity contribution in [2.24, 2.45) is 7.05 Å². The summed E-state index contributed by atoms with van der Waals surface area (Å²) >= 11 is 1.31. The number of anilines is 1. The molecule has 0 N–H and O–H groups in total. The molecule has 132 valence electrons. The Morgan fingerprint density at radius 3 is 2.88 bits per heavy atom. The zero-order chi connectivity index (χ0) is 18.3. The molecule has 0 bridgehead atoms. The molecule has 6 heteroatoms. The van der Waals surface area contributed by atoms with E-state index in [1.165, 1.54) is 21.9 Å². The molecule has 1 aromatic heterocycles. The summed E-state index contributed by atoms with van der Waals surface area (Å²) in [6.45, 7) is 2.66. The number of aryl methyl sites for hydroxylation is 1. The Morgan fingerprint density at radius 2 is 2.04 bits per heavy atom. The van der Waals surface area contributed by atoms with E-state index in [4.69, 9.17) is 0 Å². The number of aromatic nitrogens is 2. The molecule has 1 aliphatic rings. The highest BCUT2D eigenvalue weighted by atomic mass is 32.2.